The highest BCUT2D eigenvalue weighted by atomic mass is 16.5. The fourth-order valence-electron chi connectivity index (χ4n) is 4.13. The molecule has 2 aromatic carbocycles. The topological polar surface area (TPSA) is 51.7 Å². The van der Waals surface area contributed by atoms with Gasteiger partial charge in [-0.05, 0) is 25.1 Å². The van der Waals surface area contributed by atoms with Crippen LogP contribution in [0.15, 0.2) is 48.5 Å². The Balaban J connectivity index is 1.42. The number of H-pyrrole nitrogens is 1. The van der Waals surface area contributed by atoms with Crippen LogP contribution in [0.25, 0.3) is 10.9 Å². The van der Waals surface area contributed by atoms with Crippen LogP contribution in [0.5, 0.6) is 5.75 Å². The molecule has 2 heterocycles. The number of aliphatic hydroxyl groups excluding tert-OH is 1. The number of fused-ring (bicyclic) bond motifs is 1. The van der Waals surface area contributed by atoms with Gasteiger partial charge in [-0.3, -0.25) is 4.90 Å². The number of benzene rings is 2. The van der Waals surface area contributed by atoms with Gasteiger partial charge in [0.05, 0.1) is 18.9 Å². The molecule has 0 radical (unpaired) electrons. The lowest BCUT2D eigenvalue weighted by Crippen LogP contribution is -2.47. The molecule has 1 atom stereocenters. The molecular formula is C22H27N3O2. The van der Waals surface area contributed by atoms with E-state index in [1.165, 1.54) is 0 Å². The second-order valence-electron chi connectivity index (χ2n) is 7.18. The van der Waals surface area contributed by atoms with Crippen molar-refractivity contribution in [1.29, 1.82) is 0 Å². The van der Waals surface area contributed by atoms with Gasteiger partial charge < -0.3 is 19.7 Å². The Hall–Kier alpha value is -2.50. The minimum Gasteiger partial charge on any atom is -0.495 e. The van der Waals surface area contributed by atoms with Gasteiger partial charge in [0.15, 0.2) is 0 Å². The number of ether oxygens (including phenoxy) is 1. The van der Waals surface area contributed by atoms with Crippen molar-refractivity contribution in [3.8, 4) is 5.75 Å². The zero-order chi connectivity index (χ0) is 18.8. The summed E-state index contributed by atoms with van der Waals surface area (Å²) in [5, 5.41) is 12.0. The highest BCUT2D eigenvalue weighted by Gasteiger charge is 2.24. The van der Waals surface area contributed by atoms with E-state index in [2.05, 4.69) is 33.0 Å². The summed E-state index contributed by atoms with van der Waals surface area (Å²) in [6.07, 6.45) is -0.487. The van der Waals surface area contributed by atoms with Gasteiger partial charge in [-0.1, -0.05) is 30.3 Å². The maximum absolute atomic E-state index is 10.9. The SMILES string of the molecule is COc1ccccc1N1CCN(C[C@H](O)c2c(C)[nH]c3ccccc23)CC1. The third kappa shape index (κ3) is 3.53. The molecule has 0 aliphatic carbocycles. The number of anilines is 1. The molecule has 0 saturated carbocycles. The van der Waals surface area contributed by atoms with Gasteiger partial charge in [-0.2, -0.15) is 0 Å². The molecule has 1 aliphatic heterocycles. The summed E-state index contributed by atoms with van der Waals surface area (Å²) in [7, 11) is 1.72. The largest absolute Gasteiger partial charge is 0.495 e. The van der Waals surface area contributed by atoms with E-state index >= 15 is 0 Å². The highest BCUT2D eigenvalue weighted by molar-refractivity contribution is 5.84. The number of aromatic nitrogens is 1. The predicted octanol–water partition coefficient (Wildman–Crippen LogP) is 3.34. The molecule has 3 aromatic rings. The summed E-state index contributed by atoms with van der Waals surface area (Å²) in [6, 6.07) is 16.3. The summed E-state index contributed by atoms with van der Waals surface area (Å²) in [5.74, 6) is 0.917. The van der Waals surface area contributed by atoms with Gasteiger partial charge in [0, 0.05) is 54.9 Å². The van der Waals surface area contributed by atoms with Crippen molar-refractivity contribution in [2.75, 3.05) is 44.7 Å². The van der Waals surface area contributed by atoms with Crippen molar-refractivity contribution in [2.45, 2.75) is 13.0 Å². The molecule has 0 spiro atoms. The van der Waals surface area contributed by atoms with E-state index in [0.29, 0.717) is 6.54 Å². The normalized spacial score (nSPS) is 16.6. The molecule has 5 heteroatoms. The lowest BCUT2D eigenvalue weighted by molar-refractivity contribution is 0.110. The number of hydrogen-bond donors (Lipinski definition) is 2. The van der Waals surface area contributed by atoms with E-state index in [0.717, 1.165) is 59.8 Å². The highest BCUT2D eigenvalue weighted by Crippen LogP contribution is 2.30. The van der Waals surface area contributed by atoms with Gasteiger partial charge in [-0.25, -0.2) is 0 Å². The smallest absolute Gasteiger partial charge is 0.142 e. The molecule has 2 N–H and O–H groups in total. The summed E-state index contributed by atoms with van der Waals surface area (Å²) < 4.78 is 5.49. The number of nitrogens with one attached hydrogen (secondary N) is 1. The van der Waals surface area contributed by atoms with Crippen molar-refractivity contribution in [1.82, 2.24) is 9.88 Å². The minimum absolute atomic E-state index is 0.487. The van der Waals surface area contributed by atoms with E-state index in [1.54, 1.807) is 7.11 Å². The molecule has 1 fully saturated rings. The Morgan fingerprint density at radius 1 is 1.04 bits per heavy atom. The van der Waals surface area contributed by atoms with Crippen molar-refractivity contribution >= 4 is 16.6 Å². The van der Waals surface area contributed by atoms with Gasteiger partial charge >= 0.3 is 0 Å². The molecule has 0 unspecified atom stereocenters. The maximum atomic E-state index is 10.9. The molecule has 4 rings (SSSR count). The maximum Gasteiger partial charge on any atom is 0.142 e. The standard InChI is InChI=1S/C22H27N3O2/c1-16-22(17-7-3-4-8-18(17)23-16)20(26)15-24-11-13-25(14-12-24)19-9-5-6-10-21(19)27-2/h3-10,20,23,26H,11-15H2,1-2H3/t20-/m0/s1. The van der Waals surface area contributed by atoms with Crippen LogP contribution in [0.4, 0.5) is 5.69 Å². The van der Waals surface area contributed by atoms with Crippen molar-refractivity contribution in [3.63, 3.8) is 0 Å². The number of aromatic amines is 1. The summed E-state index contributed by atoms with van der Waals surface area (Å²) in [6.45, 7) is 6.41. The van der Waals surface area contributed by atoms with E-state index in [9.17, 15) is 5.11 Å². The molecule has 1 aromatic heterocycles. The van der Waals surface area contributed by atoms with Crippen LogP contribution in [-0.2, 0) is 0 Å². The van der Waals surface area contributed by atoms with Gasteiger partial charge in [0.2, 0.25) is 0 Å². The molecule has 1 aliphatic rings. The van der Waals surface area contributed by atoms with Crippen LogP contribution in [0.2, 0.25) is 0 Å². The Bertz CT molecular complexity index is 913. The van der Waals surface area contributed by atoms with Crippen molar-refractivity contribution in [3.05, 3.63) is 59.8 Å². The van der Waals surface area contributed by atoms with E-state index < -0.39 is 6.10 Å². The van der Waals surface area contributed by atoms with Crippen molar-refractivity contribution < 1.29 is 9.84 Å². The van der Waals surface area contributed by atoms with Gasteiger partial charge in [0.1, 0.15) is 5.75 Å². The molecular weight excluding hydrogens is 338 g/mol. The number of methoxy groups -OCH3 is 1. The van der Waals surface area contributed by atoms with Crippen LogP contribution >= 0.6 is 0 Å². The summed E-state index contributed by atoms with van der Waals surface area (Å²) >= 11 is 0. The Morgan fingerprint density at radius 3 is 2.52 bits per heavy atom. The average molecular weight is 365 g/mol. The summed E-state index contributed by atoms with van der Waals surface area (Å²) in [5.41, 5.74) is 4.31. The van der Waals surface area contributed by atoms with Crippen LogP contribution in [-0.4, -0.2) is 54.8 Å². The second-order valence-corrected chi connectivity index (χ2v) is 7.18. The minimum atomic E-state index is -0.487. The average Bonchev–Trinajstić information content (AvgIpc) is 3.04. The van der Waals surface area contributed by atoms with E-state index in [1.807, 2.05) is 37.3 Å². The van der Waals surface area contributed by atoms with Crippen LogP contribution in [0.3, 0.4) is 0 Å². The number of para-hydroxylation sites is 3. The third-order valence-corrected chi connectivity index (χ3v) is 5.51. The van der Waals surface area contributed by atoms with Crippen LogP contribution < -0.4 is 9.64 Å². The summed E-state index contributed by atoms with van der Waals surface area (Å²) in [4.78, 5) is 8.09. The fourth-order valence-corrected chi connectivity index (χ4v) is 4.13. The number of aliphatic hydroxyl groups is 1. The van der Waals surface area contributed by atoms with Gasteiger partial charge in [-0.15, -0.1) is 0 Å². The number of hydrogen-bond acceptors (Lipinski definition) is 4. The van der Waals surface area contributed by atoms with Crippen molar-refractivity contribution in [2.24, 2.45) is 0 Å². The number of piperazine rings is 1. The first-order chi connectivity index (χ1) is 13.2. The Labute approximate surface area is 160 Å². The Kier molecular flexibility index (Phi) is 5.05. The molecule has 1 saturated heterocycles. The third-order valence-electron chi connectivity index (χ3n) is 5.51. The second kappa shape index (κ2) is 7.62. The van der Waals surface area contributed by atoms with Crippen LogP contribution in [0.1, 0.15) is 17.4 Å². The van der Waals surface area contributed by atoms with E-state index in [-0.39, 0.29) is 0 Å². The monoisotopic (exact) mass is 365 g/mol. The quantitative estimate of drug-likeness (QED) is 0.728. The fraction of sp³-hybridized carbons (Fsp3) is 0.364. The first-order valence-electron chi connectivity index (χ1n) is 9.53. The number of rotatable bonds is 5. The molecule has 27 heavy (non-hydrogen) atoms. The molecule has 0 bridgehead atoms. The predicted molar refractivity (Wildman–Crippen MR) is 110 cm³/mol. The molecule has 0 amide bonds. The zero-order valence-corrected chi connectivity index (χ0v) is 16.0. The number of β-amino-alcohol motifs (C(OH)–C–C–N with tert-alkyl or cyclic N) is 1. The zero-order valence-electron chi connectivity index (χ0n) is 16.0. The number of nitrogens with zero attached hydrogens (tertiary/aromatic N) is 2. The Morgan fingerprint density at radius 2 is 1.74 bits per heavy atom. The lowest BCUT2D eigenvalue weighted by Gasteiger charge is -2.37. The van der Waals surface area contributed by atoms with Gasteiger partial charge in [0.25, 0.3) is 0 Å². The molecule has 5 nitrogen and oxygen atoms in total. The first-order valence-corrected chi connectivity index (χ1v) is 9.53. The lowest BCUT2D eigenvalue weighted by atomic mass is 10.0. The number of aryl methyl sites for hydroxylation is 1. The first kappa shape index (κ1) is 17.9. The van der Waals surface area contributed by atoms with Crippen LogP contribution in [0, 0.1) is 6.92 Å². The molecule has 142 valence electrons. The van der Waals surface area contributed by atoms with E-state index in [4.69, 9.17) is 4.74 Å².